The summed E-state index contributed by atoms with van der Waals surface area (Å²) in [6, 6.07) is 4.08. The van der Waals surface area contributed by atoms with Gasteiger partial charge in [0, 0.05) is 12.1 Å². The summed E-state index contributed by atoms with van der Waals surface area (Å²) in [6.45, 7) is 13.9. The lowest BCUT2D eigenvalue weighted by Gasteiger charge is -2.33. The Labute approximate surface area is 191 Å². The molecule has 0 radical (unpaired) electrons. The number of nitrogens with zero attached hydrogens (tertiary/aromatic N) is 2. The summed E-state index contributed by atoms with van der Waals surface area (Å²) < 4.78 is 28.7. The first kappa shape index (κ1) is 25.8. The minimum absolute atomic E-state index is 0.239. The Morgan fingerprint density at radius 1 is 1.47 bits per heavy atom. The molecular formula is C22H35N5O4S. The van der Waals surface area contributed by atoms with Gasteiger partial charge in [0.1, 0.15) is 11.4 Å². The number of primary sulfonamides is 1. The molecule has 2 rings (SSSR count). The Kier molecular flexibility index (Phi) is 7.72. The highest BCUT2D eigenvalue weighted by molar-refractivity contribution is 7.89. The predicted octanol–water partition coefficient (Wildman–Crippen LogP) is 3.53. The highest BCUT2D eigenvalue weighted by Gasteiger charge is 2.42. The van der Waals surface area contributed by atoms with Crippen LogP contribution in [0.3, 0.4) is 0 Å². The van der Waals surface area contributed by atoms with Crippen molar-refractivity contribution in [3.05, 3.63) is 30.9 Å². The molecule has 1 saturated heterocycles. The second kappa shape index (κ2) is 9.58. The fourth-order valence-corrected chi connectivity index (χ4v) is 4.39. The van der Waals surface area contributed by atoms with Crippen molar-refractivity contribution in [1.29, 1.82) is 5.41 Å². The summed E-state index contributed by atoms with van der Waals surface area (Å²) in [5.41, 5.74) is -0.612. The van der Waals surface area contributed by atoms with Crippen molar-refractivity contribution in [3.63, 3.8) is 0 Å². The number of hydrogen-bond acceptors (Lipinski definition) is 7. The molecule has 4 N–H and O–H groups in total. The third-order valence-corrected chi connectivity index (χ3v) is 6.18. The van der Waals surface area contributed by atoms with Gasteiger partial charge >= 0.3 is 6.09 Å². The molecular weight excluding hydrogens is 430 g/mol. The summed E-state index contributed by atoms with van der Waals surface area (Å²) in [7, 11) is -3.93. The summed E-state index contributed by atoms with van der Waals surface area (Å²) in [6.07, 6.45) is 3.30. The molecule has 1 aliphatic rings. The van der Waals surface area contributed by atoms with E-state index in [1.807, 2.05) is 34.6 Å². The lowest BCUT2D eigenvalue weighted by Crippen LogP contribution is -2.45. The first-order valence-electron chi connectivity index (χ1n) is 10.6. The fourth-order valence-electron chi connectivity index (χ4n) is 3.90. The van der Waals surface area contributed by atoms with Crippen molar-refractivity contribution >= 4 is 27.6 Å². The van der Waals surface area contributed by atoms with Crippen LogP contribution in [0.15, 0.2) is 35.9 Å². The van der Waals surface area contributed by atoms with Crippen molar-refractivity contribution in [3.8, 4) is 0 Å². The van der Waals surface area contributed by atoms with E-state index in [-0.39, 0.29) is 28.3 Å². The molecule has 1 fully saturated rings. The summed E-state index contributed by atoms with van der Waals surface area (Å²) in [5, 5.41) is 16.3. The highest BCUT2D eigenvalue weighted by atomic mass is 32.2. The predicted molar refractivity (Wildman–Crippen MR) is 125 cm³/mol. The Morgan fingerprint density at radius 2 is 2.12 bits per heavy atom. The number of sulfonamides is 1. The third-order valence-electron chi connectivity index (χ3n) is 5.37. The number of carbonyl (C=O) groups is 1. The average Bonchev–Trinajstić information content (AvgIpc) is 2.97. The largest absolute Gasteiger partial charge is 0.444 e. The van der Waals surface area contributed by atoms with Crippen molar-refractivity contribution in [2.75, 3.05) is 11.9 Å². The topological polar surface area (TPSA) is 138 Å². The number of nitrogens with two attached hydrogens (primary N) is 1. The van der Waals surface area contributed by atoms with Crippen LogP contribution in [0.5, 0.6) is 0 Å². The Bertz CT molecular complexity index is 969. The second-order valence-electron chi connectivity index (χ2n) is 9.81. The molecule has 1 aromatic rings. The van der Waals surface area contributed by atoms with Gasteiger partial charge in [-0.2, -0.15) is 0 Å². The number of carbonyl (C=O) groups excluding carboxylic acids is 1. The molecule has 0 spiro atoms. The van der Waals surface area contributed by atoms with E-state index in [9.17, 15) is 13.2 Å². The molecule has 1 aromatic heterocycles. The molecule has 1 aliphatic heterocycles. The number of aromatic nitrogens is 1. The molecule has 2 heterocycles. The quantitative estimate of drug-likeness (QED) is 0.502. The van der Waals surface area contributed by atoms with Gasteiger partial charge in [-0.05, 0) is 78.0 Å². The molecule has 0 aliphatic carbocycles. The number of hydrogen-bond donors (Lipinski definition) is 3. The average molecular weight is 466 g/mol. The molecule has 2 atom stereocenters. The first-order chi connectivity index (χ1) is 14.6. The molecule has 0 bridgehead atoms. The van der Waals surface area contributed by atoms with Crippen LogP contribution in [0.4, 0.5) is 10.6 Å². The van der Waals surface area contributed by atoms with E-state index in [1.165, 1.54) is 12.1 Å². The zero-order chi connectivity index (χ0) is 24.3. The van der Waals surface area contributed by atoms with Gasteiger partial charge in [0.15, 0.2) is 5.03 Å². The van der Waals surface area contributed by atoms with E-state index in [0.717, 1.165) is 12.8 Å². The standard InChI is InChI=1S/C22H35N5O4S/c1-7-16(23)17(25-18-9-8-10-19(26-18)32(24,29)30)12-11-15-13-22(5,6)27(14-15)20(28)31-21(2,3)4/h7-10,15,17,23H,1,11-14H2,2-6H3,(H,25,26)(H2,24,29,30)/t15-,17?/m0/s1. The molecule has 9 nitrogen and oxygen atoms in total. The van der Waals surface area contributed by atoms with Gasteiger partial charge < -0.3 is 20.4 Å². The number of likely N-dealkylation sites (tertiary alicyclic amines) is 1. The van der Waals surface area contributed by atoms with Gasteiger partial charge in [-0.15, -0.1) is 0 Å². The van der Waals surface area contributed by atoms with Crippen LogP contribution in [0.1, 0.15) is 53.9 Å². The summed E-state index contributed by atoms with van der Waals surface area (Å²) >= 11 is 0. The van der Waals surface area contributed by atoms with Crippen LogP contribution >= 0.6 is 0 Å². The van der Waals surface area contributed by atoms with Gasteiger partial charge in [-0.25, -0.2) is 23.3 Å². The van der Waals surface area contributed by atoms with Crippen LogP contribution in [0.25, 0.3) is 0 Å². The highest BCUT2D eigenvalue weighted by Crippen LogP contribution is 2.36. The number of ether oxygens (including phenoxy) is 1. The number of pyridine rings is 1. The van der Waals surface area contributed by atoms with Crippen LogP contribution in [-0.2, 0) is 14.8 Å². The Morgan fingerprint density at radius 3 is 2.69 bits per heavy atom. The first-order valence-corrected chi connectivity index (χ1v) is 12.1. The van der Waals surface area contributed by atoms with Crippen LogP contribution in [-0.4, -0.2) is 53.8 Å². The fraction of sp³-hybridized carbons (Fsp3) is 0.591. The van der Waals surface area contributed by atoms with Crippen molar-refractivity contribution in [1.82, 2.24) is 9.88 Å². The van der Waals surface area contributed by atoms with E-state index >= 15 is 0 Å². The van der Waals surface area contributed by atoms with E-state index in [1.54, 1.807) is 17.0 Å². The molecule has 10 heteroatoms. The van der Waals surface area contributed by atoms with Crippen LogP contribution < -0.4 is 10.5 Å². The third kappa shape index (κ3) is 7.03. The van der Waals surface area contributed by atoms with Crippen LogP contribution in [0, 0.1) is 11.3 Å². The van der Waals surface area contributed by atoms with Gasteiger partial charge in [0.25, 0.3) is 10.0 Å². The van der Waals surface area contributed by atoms with E-state index in [4.69, 9.17) is 15.3 Å². The Hall–Kier alpha value is -2.46. The van der Waals surface area contributed by atoms with Crippen molar-refractivity contribution < 1.29 is 17.9 Å². The number of anilines is 1. The number of rotatable bonds is 8. The summed E-state index contributed by atoms with van der Waals surface area (Å²) in [5.74, 6) is 0.554. The zero-order valence-corrected chi connectivity index (χ0v) is 20.3. The van der Waals surface area contributed by atoms with Gasteiger partial charge in [-0.3, -0.25) is 0 Å². The molecule has 0 aromatic carbocycles. The lowest BCUT2D eigenvalue weighted by atomic mass is 9.91. The van der Waals surface area contributed by atoms with Gasteiger partial charge in [0.05, 0.1) is 11.8 Å². The SMILES string of the molecule is C=CC(=N)C(CC[C@@H]1CN(C(=O)OC(C)(C)C)C(C)(C)C1)Nc1cccc(S(N)(=O)=O)n1. The molecule has 0 saturated carbocycles. The maximum absolute atomic E-state index is 12.6. The lowest BCUT2D eigenvalue weighted by molar-refractivity contribution is 0.0131. The smallest absolute Gasteiger partial charge is 0.410 e. The van der Waals surface area contributed by atoms with E-state index in [2.05, 4.69) is 16.9 Å². The molecule has 178 valence electrons. The maximum Gasteiger partial charge on any atom is 0.410 e. The van der Waals surface area contributed by atoms with Gasteiger partial charge in [-0.1, -0.05) is 12.6 Å². The number of amides is 1. The normalized spacial score (nSPS) is 19.3. The minimum Gasteiger partial charge on any atom is -0.444 e. The van der Waals surface area contributed by atoms with E-state index in [0.29, 0.717) is 18.8 Å². The molecule has 1 amide bonds. The molecule has 32 heavy (non-hydrogen) atoms. The zero-order valence-electron chi connectivity index (χ0n) is 19.5. The summed E-state index contributed by atoms with van der Waals surface area (Å²) in [4.78, 5) is 18.5. The molecule has 1 unspecified atom stereocenters. The van der Waals surface area contributed by atoms with Crippen molar-refractivity contribution in [2.45, 2.75) is 76.1 Å². The van der Waals surface area contributed by atoms with Crippen LogP contribution in [0.2, 0.25) is 0 Å². The number of nitrogens with one attached hydrogen (secondary N) is 2. The monoisotopic (exact) mass is 465 g/mol. The maximum atomic E-state index is 12.6. The minimum atomic E-state index is -3.93. The second-order valence-corrected chi connectivity index (χ2v) is 11.3. The van der Waals surface area contributed by atoms with E-state index < -0.39 is 21.7 Å². The van der Waals surface area contributed by atoms with Crippen molar-refractivity contribution in [2.24, 2.45) is 11.1 Å². The van der Waals surface area contributed by atoms with Gasteiger partial charge in [0.2, 0.25) is 0 Å². The Balaban J connectivity index is 2.08.